The van der Waals surface area contributed by atoms with Gasteiger partial charge in [-0.3, -0.25) is 0 Å². The average Bonchev–Trinajstić information content (AvgIpc) is 2.23. The molecule has 0 bridgehead atoms. The summed E-state index contributed by atoms with van der Waals surface area (Å²) in [6, 6.07) is 2.94. The molecule has 0 saturated carbocycles. The summed E-state index contributed by atoms with van der Waals surface area (Å²) in [6.45, 7) is 2.37. The number of hydrogen-bond acceptors (Lipinski definition) is 3. The number of rotatable bonds is 3. The molecule has 1 saturated heterocycles. The van der Waals surface area contributed by atoms with Crippen LogP contribution in [0.4, 0.5) is 4.39 Å². The van der Waals surface area contributed by atoms with E-state index < -0.39 is 11.5 Å². The first kappa shape index (κ1) is 12.8. The van der Waals surface area contributed by atoms with Crippen molar-refractivity contribution in [1.29, 1.82) is 0 Å². The Bertz CT molecular complexity index is 435. The maximum absolute atomic E-state index is 13.6. The molecule has 3 nitrogen and oxygen atoms in total. The largest absolute Gasteiger partial charge is 0.391 e. The molecular weight excluding hydrogens is 245 g/mol. The van der Waals surface area contributed by atoms with E-state index in [1.54, 1.807) is 13.0 Å². The zero-order valence-corrected chi connectivity index (χ0v) is 10.3. The van der Waals surface area contributed by atoms with E-state index in [-0.39, 0.29) is 12.4 Å². The number of aliphatic hydroxyl groups excluding tert-OH is 1. The van der Waals surface area contributed by atoms with E-state index in [1.165, 1.54) is 6.07 Å². The molecule has 1 fully saturated rings. The Balaban J connectivity index is 2.48. The predicted octanol–water partition coefficient (Wildman–Crippen LogP) is 1.38. The monoisotopic (exact) mass is 259 g/mol. The third-order valence-corrected chi connectivity index (χ3v) is 3.68. The summed E-state index contributed by atoms with van der Waals surface area (Å²) in [7, 11) is 0. The number of aryl methyl sites for hydroxylation is 1. The van der Waals surface area contributed by atoms with Crippen LogP contribution in [0.15, 0.2) is 12.1 Å². The van der Waals surface area contributed by atoms with Crippen LogP contribution in [0.1, 0.15) is 11.1 Å². The Kier molecular flexibility index (Phi) is 3.41. The SMILES string of the molecule is Cc1cc(Cl)c(C2(C(O)CN)COC2)cc1F. The van der Waals surface area contributed by atoms with Gasteiger partial charge in [-0.25, -0.2) is 4.39 Å². The quantitative estimate of drug-likeness (QED) is 0.862. The van der Waals surface area contributed by atoms with Gasteiger partial charge in [0, 0.05) is 11.6 Å². The number of ether oxygens (including phenoxy) is 1. The molecule has 0 aromatic heterocycles. The highest BCUT2D eigenvalue weighted by Gasteiger charge is 2.47. The molecule has 2 rings (SSSR count). The molecule has 5 heteroatoms. The zero-order valence-electron chi connectivity index (χ0n) is 9.54. The number of halogens is 2. The lowest BCUT2D eigenvalue weighted by Gasteiger charge is -2.45. The van der Waals surface area contributed by atoms with Crippen molar-refractivity contribution in [3.63, 3.8) is 0 Å². The summed E-state index contributed by atoms with van der Waals surface area (Å²) in [4.78, 5) is 0. The molecule has 0 radical (unpaired) electrons. The van der Waals surface area contributed by atoms with Gasteiger partial charge < -0.3 is 15.6 Å². The molecule has 0 aliphatic carbocycles. The fourth-order valence-corrected chi connectivity index (χ4v) is 2.51. The number of nitrogens with two attached hydrogens (primary N) is 1. The van der Waals surface area contributed by atoms with E-state index in [4.69, 9.17) is 22.1 Å². The van der Waals surface area contributed by atoms with Gasteiger partial charge in [0.25, 0.3) is 0 Å². The highest BCUT2D eigenvalue weighted by atomic mass is 35.5. The maximum Gasteiger partial charge on any atom is 0.126 e. The average molecular weight is 260 g/mol. The summed E-state index contributed by atoms with van der Waals surface area (Å²) in [5.74, 6) is -0.333. The third-order valence-electron chi connectivity index (χ3n) is 3.37. The molecule has 1 unspecified atom stereocenters. The molecule has 0 amide bonds. The zero-order chi connectivity index (χ0) is 12.6. The minimum atomic E-state index is -0.782. The number of hydrogen-bond donors (Lipinski definition) is 2. The van der Waals surface area contributed by atoms with Crippen LogP contribution in [0.2, 0.25) is 5.02 Å². The van der Waals surface area contributed by atoms with Gasteiger partial charge in [-0.15, -0.1) is 0 Å². The van der Waals surface area contributed by atoms with Crippen LogP contribution < -0.4 is 5.73 Å². The lowest BCUT2D eigenvalue weighted by atomic mass is 9.73. The van der Waals surface area contributed by atoms with E-state index in [9.17, 15) is 9.50 Å². The van der Waals surface area contributed by atoms with Crippen LogP contribution in [-0.2, 0) is 10.2 Å². The second-order valence-electron chi connectivity index (χ2n) is 4.48. The summed E-state index contributed by atoms with van der Waals surface area (Å²) in [5, 5.41) is 10.4. The van der Waals surface area contributed by atoms with Crippen LogP contribution in [0.3, 0.4) is 0 Å². The Morgan fingerprint density at radius 2 is 2.24 bits per heavy atom. The topological polar surface area (TPSA) is 55.5 Å². The maximum atomic E-state index is 13.6. The molecule has 17 heavy (non-hydrogen) atoms. The molecule has 1 aromatic carbocycles. The lowest BCUT2D eigenvalue weighted by molar-refractivity contribution is -0.116. The standard InChI is InChI=1S/C12H15ClFNO2/c1-7-2-9(13)8(3-10(7)14)12(5-17-6-12)11(16)4-15/h2-3,11,16H,4-6,15H2,1H3. The highest BCUT2D eigenvalue weighted by molar-refractivity contribution is 6.31. The van der Waals surface area contributed by atoms with Crippen LogP contribution in [0.25, 0.3) is 0 Å². The Morgan fingerprint density at radius 3 is 2.71 bits per heavy atom. The molecule has 1 atom stereocenters. The van der Waals surface area contributed by atoms with Crippen LogP contribution >= 0.6 is 11.6 Å². The van der Waals surface area contributed by atoms with E-state index in [2.05, 4.69) is 0 Å². The summed E-state index contributed by atoms with van der Waals surface area (Å²) in [6.07, 6.45) is -0.782. The van der Waals surface area contributed by atoms with Crippen molar-refractivity contribution in [1.82, 2.24) is 0 Å². The molecule has 1 aliphatic rings. The van der Waals surface area contributed by atoms with Crippen molar-refractivity contribution in [3.8, 4) is 0 Å². The molecule has 0 spiro atoms. The fourth-order valence-electron chi connectivity index (χ4n) is 2.10. The van der Waals surface area contributed by atoms with Crippen molar-refractivity contribution in [2.45, 2.75) is 18.4 Å². The molecule has 1 aromatic rings. The van der Waals surface area contributed by atoms with Crippen molar-refractivity contribution in [2.75, 3.05) is 19.8 Å². The summed E-state index contributed by atoms with van der Waals surface area (Å²) in [5.41, 5.74) is 5.87. The van der Waals surface area contributed by atoms with Gasteiger partial charge in [-0.05, 0) is 30.2 Å². The lowest BCUT2D eigenvalue weighted by Crippen LogP contribution is -2.57. The van der Waals surface area contributed by atoms with Gasteiger partial charge in [-0.1, -0.05) is 11.6 Å². The highest BCUT2D eigenvalue weighted by Crippen LogP contribution is 2.40. The summed E-state index contributed by atoms with van der Waals surface area (Å²) < 4.78 is 18.7. The predicted molar refractivity (Wildman–Crippen MR) is 63.7 cm³/mol. The Hall–Kier alpha value is -0.680. The first-order chi connectivity index (χ1) is 8.01. The van der Waals surface area contributed by atoms with Crippen molar-refractivity contribution in [3.05, 3.63) is 34.1 Å². The molecule has 3 N–H and O–H groups in total. The van der Waals surface area contributed by atoms with E-state index in [0.29, 0.717) is 29.4 Å². The van der Waals surface area contributed by atoms with Gasteiger partial charge in [0.15, 0.2) is 0 Å². The fraction of sp³-hybridized carbons (Fsp3) is 0.500. The van der Waals surface area contributed by atoms with E-state index >= 15 is 0 Å². The van der Waals surface area contributed by atoms with Gasteiger partial charge in [-0.2, -0.15) is 0 Å². The normalized spacial score (nSPS) is 19.8. The van der Waals surface area contributed by atoms with Crippen molar-refractivity contribution < 1.29 is 14.2 Å². The first-order valence-electron chi connectivity index (χ1n) is 5.43. The minimum absolute atomic E-state index is 0.0924. The van der Waals surface area contributed by atoms with Gasteiger partial charge in [0.1, 0.15) is 5.82 Å². The summed E-state index contributed by atoms with van der Waals surface area (Å²) >= 11 is 6.13. The smallest absolute Gasteiger partial charge is 0.126 e. The van der Waals surface area contributed by atoms with Gasteiger partial charge in [0.05, 0.1) is 24.7 Å². The second kappa shape index (κ2) is 4.53. The number of aliphatic hydroxyl groups is 1. The molecular formula is C12H15ClFNO2. The van der Waals surface area contributed by atoms with Gasteiger partial charge >= 0.3 is 0 Å². The molecule has 1 heterocycles. The van der Waals surface area contributed by atoms with Crippen LogP contribution in [-0.4, -0.2) is 31.0 Å². The molecule has 1 aliphatic heterocycles. The molecule has 94 valence electrons. The third kappa shape index (κ3) is 1.95. The van der Waals surface area contributed by atoms with Crippen LogP contribution in [0.5, 0.6) is 0 Å². The van der Waals surface area contributed by atoms with Gasteiger partial charge in [0.2, 0.25) is 0 Å². The minimum Gasteiger partial charge on any atom is -0.391 e. The van der Waals surface area contributed by atoms with Crippen LogP contribution in [0, 0.1) is 12.7 Å². The van der Waals surface area contributed by atoms with E-state index in [1.807, 2.05) is 0 Å². The second-order valence-corrected chi connectivity index (χ2v) is 4.89. The number of benzene rings is 1. The Morgan fingerprint density at radius 1 is 1.59 bits per heavy atom. The van der Waals surface area contributed by atoms with E-state index in [0.717, 1.165) is 0 Å². The Labute approximate surface area is 104 Å². The van der Waals surface area contributed by atoms with Crippen molar-refractivity contribution >= 4 is 11.6 Å². The van der Waals surface area contributed by atoms with Crippen molar-refractivity contribution in [2.24, 2.45) is 5.73 Å². The first-order valence-corrected chi connectivity index (χ1v) is 5.81.